The van der Waals surface area contributed by atoms with Crippen LogP contribution in [0.3, 0.4) is 0 Å². The van der Waals surface area contributed by atoms with Crippen molar-refractivity contribution in [3.05, 3.63) is 22.3 Å². The molecule has 7 nitrogen and oxygen atoms in total. The van der Waals surface area contributed by atoms with Crippen LogP contribution in [-0.2, 0) is 13.6 Å². The van der Waals surface area contributed by atoms with Crippen LogP contribution < -0.4 is 16.0 Å². The van der Waals surface area contributed by atoms with Gasteiger partial charge in [0.1, 0.15) is 10.7 Å². The third-order valence-corrected chi connectivity index (χ3v) is 4.24. The highest BCUT2D eigenvalue weighted by Crippen LogP contribution is 2.26. The number of nitrogens with one attached hydrogen (secondary N) is 1. The molecule has 0 spiro atoms. The van der Waals surface area contributed by atoms with Crippen molar-refractivity contribution in [2.24, 2.45) is 7.05 Å². The van der Waals surface area contributed by atoms with E-state index in [1.807, 2.05) is 33.0 Å². The maximum absolute atomic E-state index is 12.1. The third kappa shape index (κ3) is 2.74. The first-order valence-electron chi connectivity index (χ1n) is 6.09. The van der Waals surface area contributed by atoms with Crippen LogP contribution in [0, 0.1) is 6.92 Å². The van der Waals surface area contributed by atoms with Gasteiger partial charge in [-0.25, -0.2) is 4.98 Å². The Morgan fingerprint density at radius 2 is 2.25 bits per heavy atom. The average Bonchev–Trinajstić information content (AvgIpc) is 2.93. The van der Waals surface area contributed by atoms with E-state index >= 15 is 0 Å². The molecule has 2 aromatic heterocycles. The molecule has 0 aliphatic rings. The van der Waals surface area contributed by atoms with E-state index in [-0.39, 0.29) is 11.7 Å². The van der Waals surface area contributed by atoms with Gasteiger partial charge in [0.15, 0.2) is 5.13 Å². The molecular formula is C12H18N6OS. The second-order valence-corrected chi connectivity index (χ2v) is 5.64. The summed E-state index contributed by atoms with van der Waals surface area (Å²) in [6.45, 7) is 2.38. The lowest BCUT2D eigenvalue weighted by atomic mass is 10.2. The second-order valence-electron chi connectivity index (χ2n) is 4.67. The summed E-state index contributed by atoms with van der Waals surface area (Å²) in [6, 6.07) is 0. The van der Waals surface area contributed by atoms with Crippen molar-refractivity contribution in [3.8, 4) is 0 Å². The highest BCUT2D eigenvalue weighted by Gasteiger charge is 2.17. The molecule has 1 amide bonds. The molecule has 3 N–H and O–H groups in total. The number of nitrogens with zero attached hydrogens (tertiary/aromatic N) is 4. The van der Waals surface area contributed by atoms with Crippen LogP contribution >= 0.6 is 11.3 Å². The smallest absolute Gasteiger partial charge is 0.265 e. The van der Waals surface area contributed by atoms with Crippen molar-refractivity contribution in [3.63, 3.8) is 0 Å². The number of aromatic nitrogens is 3. The van der Waals surface area contributed by atoms with E-state index in [1.165, 1.54) is 11.3 Å². The molecule has 0 aromatic carbocycles. The van der Waals surface area contributed by atoms with Gasteiger partial charge < -0.3 is 16.0 Å². The van der Waals surface area contributed by atoms with E-state index in [0.717, 1.165) is 11.3 Å². The Morgan fingerprint density at radius 1 is 1.55 bits per heavy atom. The molecule has 0 radical (unpaired) electrons. The lowest BCUT2D eigenvalue weighted by molar-refractivity contribution is 0.0955. The first-order chi connectivity index (χ1) is 9.40. The van der Waals surface area contributed by atoms with Crippen molar-refractivity contribution in [1.29, 1.82) is 0 Å². The predicted molar refractivity (Wildman–Crippen MR) is 80.0 cm³/mol. The van der Waals surface area contributed by atoms with Gasteiger partial charge in [-0.1, -0.05) is 11.3 Å². The minimum atomic E-state index is -0.212. The molecule has 108 valence electrons. The Labute approximate surface area is 121 Å². The molecule has 0 aliphatic carbocycles. The van der Waals surface area contributed by atoms with Crippen LogP contribution in [0.25, 0.3) is 0 Å². The van der Waals surface area contributed by atoms with E-state index in [0.29, 0.717) is 16.6 Å². The van der Waals surface area contributed by atoms with E-state index < -0.39 is 0 Å². The van der Waals surface area contributed by atoms with Gasteiger partial charge in [0.25, 0.3) is 5.91 Å². The van der Waals surface area contributed by atoms with Crippen LogP contribution in [0.5, 0.6) is 0 Å². The summed E-state index contributed by atoms with van der Waals surface area (Å²) < 4.78 is 1.77. The topological polar surface area (TPSA) is 89.1 Å². The van der Waals surface area contributed by atoms with Gasteiger partial charge in [-0.2, -0.15) is 5.10 Å². The van der Waals surface area contributed by atoms with E-state index in [1.54, 1.807) is 10.9 Å². The summed E-state index contributed by atoms with van der Waals surface area (Å²) in [5.74, 6) is 0.0514. The van der Waals surface area contributed by atoms with Crippen molar-refractivity contribution in [1.82, 2.24) is 20.1 Å². The Morgan fingerprint density at radius 3 is 2.75 bits per heavy atom. The Hall–Kier alpha value is -2.09. The number of thiazole rings is 1. The van der Waals surface area contributed by atoms with Gasteiger partial charge in [-0.15, -0.1) is 0 Å². The number of carbonyl (C=O) groups excluding carboxylic acids is 1. The average molecular weight is 294 g/mol. The number of hydrogen-bond acceptors (Lipinski definition) is 6. The van der Waals surface area contributed by atoms with Crippen molar-refractivity contribution in [2.45, 2.75) is 13.5 Å². The van der Waals surface area contributed by atoms with E-state index in [2.05, 4.69) is 15.4 Å². The molecule has 2 heterocycles. The highest BCUT2D eigenvalue weighted by molar-refractivity contribution is 7.18. The second kappa shape index (κ2) is 5.49. The number of hydrogen-bond donors (Lipinski definition) is 2. The monoisotopic (exact) mass is 294 g/mol. The van der Waals surface area contributed by atoms with Crippen LogP contribution in [0.15, 0.2) is 6.20 Å². The fourth-order valence-corrected chi connectivity index (χ4v) is 2.47. The van der Waals surface area contributed by atoms with Gasteiger partial charge in [-0.05, 0) is 6.92 Å². The van der Waals surface area contributed by atoms with Crippen LogP contribution in [-0.4, -0.2) is 34.8 Å². The van der Waals surface area contributed by atoms with Gasteiger partial charge in [0, 0.05) is 38.9 Å². The molecular weight excluding hydrogens is 276 g/mol. The lowest BCUT2D eigenvalue weighted by Crippen LogP contribution is -2.23. The zero-order valence-electron chi connectivity index (χ0n) is 12.0. The maximum Gasteiger partial charge on any atom is 0.265 e. The van der Waals surface area contributed by atoms with Crippen LogP contribution in [0.2, 0.25) is 0 Å². The number of nitrogen functional groups attached to an aromatic ring is 1. The summed E-state index contributed by atoms with van der Waals surface area (Å²) in [4.78, 5) is 18.5. The number of aryl methyl sites for hydroxylation is 1. The largest absolute Gasteiger partial charge is 0.382 e. The summed E-state index contributed by atoms with van der Waals surface area (Å²) in [6.07, 6.45) is 1.75. The number of anilines is 2. The number of carbonyl (C=O) groups is 1. The number of amides is 1. The zero-order chi connectivity index (χ0) is 14.9. The van der Waals surface area contributed by atoms with Gasteiger partial charge >= 0.3 is 0 Å². The minimum absolute atomic E-state index is 0.212. The van der Waals surface area contributed by atoms with Gasteiger partial charge in [-0.3, -0.25) is 9.48 Å². The summed E-state index contributed by atoms with van der Waals surface area (Å²) in [5, 5.41) is 7.69. The Bertz CT molecular complexity index is 630. The minimum Gasteiger partial charge on any atom is -0.382 e. The maximum atomic E-state index is 12.1. The summed E-state index contributed by atoms with van der Waals surface area (Å²) >= 11 is 1.28. The summed E-state index contributed by atoms with van der Waals surface area (Å²) in [7, 11) is 5.59. The van der Waals surface area contributed by atoms with E-state index in [4.69, 9.17) is 5.73 Å². The SMILES string of the molecule is Cc1c(CNC(=O)c2sc(N(C)C)nc2N)cnn1C. The molecule has 0 aliphatic heterocycles. The molecule has 0 unspecified atom stereocenters. The van der Waals surface area contributed by atoms with Crippen molar-refractivity contribution >= 4 is 28.2 Å². The number of rotatable bonds is 4. The third-order valence-electron chi connectivity index (χ3n) is 3.01. The first-order valence-corrected chi connectivity index (χ1v) is 6.91. The normalized spacial score (nSPS) is 10.6. The molecule has 2 aromatic rings. The van der Waals surface area contributed by atoms with Crippen molar-refractivity contribution < 1.29 is 4.79 Å². The van der Waals surface area contributed by atoms with E-state index in [9.17, 15) is 4.79 Å². The molecule has 0 fully saturated rings. The molecule has 0 saturated carbocycles. The Kier molecular flexibility index (Phi) is 3.93. The fraction of sp³-hybridized carbons (Fsp3) is 0.417. The molecule has 0 saturated heterocycles. The predicted octanol–water partition coefficient (Wildman–Crippen LogP) is 0.763. The Balaban J connectivity index is 2.07. The van der Waals surface area contributed by atoms with Crippen molar-refractivity contribution in [2.75, 3.05) is 24.7 Å². The first kappa shape index (κ1) is 14.3. The highest BCUT2D eigenvalue weighted by atomic mass is 32.1. The van der Waals surface area contributed by atoms with Crippen LogP contribution in [0.4, 0.5) is 10.9 Å². The standard InChI is InChI=1S/C12H18N6OS/c1-7-8(6-15-18(7)4)5-14-11(19)9-10(13)16-12(20-9)17(2)3/h6H,5,13H2,1-4H3,(H,14,19). The van der Waals surface area contributed by atoms with Crippen LogP contribution in [0.1, 0.15) is 20.9 Å². The van der Waals surface area contributed by atoms with Gasteiger partial charge in [0.05, 0.1) is 6.20 Å². The molecule has 2 rings (SSSR count). The molecule has 20 heavy (non-hydrogen) atoms. The zero-order valence-corrected chi connectivity index (χ0v) is 12.8. The lowest BCUT2D eigenvalue weighted by Gasteiger charge is -2.05. The number of nitrogens with two attached hydrogens (primary N) is 1. The quantitative estimate of drug-likeness (QED) is 0.869. The molecule has 8 heteroatoms. The molecule has 0 atom stereocenters. The molecule has 0 bridgehead atoms. The van der Waals surface area contributed by atoms with Gasteiger partial charge in [0.2, 0.25) is 0 Å². The fourth-order valence-electron chi connectivity index (χ4n) is 1.65. The summed E-state index contributed by atoms with van der Waals surface area (Å²) in [5.41, 5.74) is 7.79.